The maximum atomic E-state index is 12.5. The van der Waals surface area contributed by atoms with Gasteiger partial charge in [0, 0.05) is 9.26 Å². The van der Waals surface area contributed by atoms with E-state index in [2.05, 4.69) is 52.2 Å². The average molecular weight is 361 g/mol. The standard InChI is InChI=1S/C16H12INO/c17-12-6-5-10-8-16(9-11(10)7-12)13-3-1-2-4-14(13)18-15(16)19/h1-7H,8-9H2,(H,18,19). The average Bonchev–Trinajstić information content (AvgIpc) is 2.90. The summed E-state index contributed by atoms with van der Waals surface area (Å²) in [6, 6.07) is 14.6. The van der Waals surface area contributed by atoms with Gasteiger partial charge in [-0.15, -0.1) is 0 Å². The maximum Gasteiger partial charge on any atom is 0.235 e. The van der Waals surface area contributed by atoms with Gasteiger partial charge in [0.05, 0.1) is 5.41 Å². The summed E-state index contributed by atoms with van der Waals surface area (Å²) in [5.41, 5.74) is 4.40. The van der Waals surface area contributed by atoms with Gasteiger partial charge in [0.15, 0.2) is 0 Å². The summed E-state index contributed by atoms with van der Waals surface area (Å²) in [5.74, 6) is 0.153. The molecule has 2 aromatic carbocycles. The Hall–Kier alpha value is -1.36. The Morgan fingerprint density at radius 3 is 2.74 bits per heavy atom. The molecule has 94 valence electrons. The van der Waals surface area contributed by atoms with Crippen molar-refractivity contribution in [1.82, 2.24) is 0 Å². The van der Waals surface area contributed by atoms with Gasteiger partial charge in [-0.2, -0.15) is 0 Å². The largest absolute Gasteiger partial charge is 0.325 e. The molecule has 3 heteroatoms. The second-order valence-electron chi connectivity index (χ2n) is 5.35. The fraction of sp³-hybridized carbons (Fsp3) is 0.188. The highest BCUT2D eigenvalue weighted by atomic mass is 127. The lowest BCUT2D eigenvalue weighted by molar-refractivity contribution is -0.120. The summed E-state index contributed by atoms with van der Waals surface area (Å²) >= 11 is 2.33. The lowest BCUT2D eigenvalue weighted by Crippen LogP contribution is -2.35. The third kappa shape index (κ3) is 1.51. The first-order valence-electron chi connectivity index (χ1n) is 6.37. The first kappa shape index (κ1) is 11.5. The molecule has 1 unspecified atom stereocenters. The number of para-hydroxylation sites is 1. The van der Waals surface area contributed by atoms with Crippen molar-refractivity contribution in [1.29, 1.82) is 0 Å². The van der Waals surface area contributed by atoms with Gasteiger partial charge >= 0.3 is 0 Å². The van der Waals surface area contributed by atoms with Crippen molar-refractivity contribution in [3.05, 3.63) is 62.7 Å². The topological polar surface area (TPSA) is 29.1 Å². The molecule has 1 heterocycles. The minimum Gasteiger partial charge on any atom is -0.325 e. The number of fused-ring (bicyclic) bond motifs is 3. The maximum absolute atomic E-state index is 12.5. The predicted molar refractivity (Wildman–Crippen MR) is 83.3 cm³/mol. The zero-order valence-electron chi connectivity index (χ0n) is 10.2. The molecule has 0 aromatic heterocycles. The van der Waals surface area contributed by atoms with Crippen LogP contribution in [0.15, 0.2) is 42.5 Å². The van der Waals surface area contributed by atoms with Crippen LogP contribution in [0.5, 0.6) is 0 Å². The molecule has 1 amide bonds. The van der Waals surface area contributed by atoms with Crippen molar-refractivity contribution >= 4 is 34.2 Å². The van der Waals surface area contributed by atoms with Crippen LogP contribution >= 0.6 is 22.6 Å². The number of halogens is 1. The van der Waals surface area contributed by atoms with Crippen LogP contribution in [-0.2, 0) is 23.1 Å². The predicted octanol–water partition coefficient (Wildman–Crippen LogP) is 3.28. The Balaban J connectivity index is 1.88. The summed E-state index contributed by atoms with van der Waals surface area (Å²) in [4.78, 5) is 12.5. The van der Waals surface area contributed by atoms with Crippen LogP contribution in [0.3, 0.4) is 0 Å². The number of anilines is 1. The molecule has 1 spiro atoms. The van der Waals surface area contributed by atoms with Crippen molar-refractivity contribution in [3.63, 3.8) is 0 Å². The van der Waals surface area contributed by atoms with Crippen molar-refractivity contribution in [2.75, 3.05) is 5.32 Å². The molecule has 0 radical (unpaired) electrons. The smallest absolute Gasteiger partial charge is 0.235 e. The normalized spacial score (nSPS) is 23.3. The molecule has 0 saturated carbocycles. The van der Waals surface area contributed by atoms with Crippen LogP contribution in [0, 0.1) is 3.57 Å². The number of hydrogen-bond acceptors (Lipinski definition) is 1. The van der Waals surface area contributed by atoms with Crippen LogP contribution in [0.25, 0.3) is 0 Å². The Kier molecular flexibility index (Phi) is 2.31. The van der Waals surface area contributed by atoms with E-state index >= 15 is 0 Å². The lowest BCUT2D eigenvalue weighted by Gasteiger charge is -2.20. The van der Waals surface area contributed by atoms with Crippen LogP contribution in [0.4, 0.5) is 5.69 Å². The highest BCUT2D eigenvalue weighted by Crippen LogP contribution is 2.47. The number of amides is 1. The number of carbonyl (C=O) groups excluding carboxylic acids is 1. The molecule has 2 nitrogen and oxygen atoms in total. The second kappa shape index (κ2) is 3.82. The SMILES string of the molecule is O=C1Nc2ccccc2C12Cc1ccc(I)cc1C2. The van der Waals surface area contributed by atoms with E-state index in [-0.39, 0.29) is 11.3 Å². The van der Waals surface area contributed by atoms with Gasteiger partial charge in [-0.1, -0.05) is 24.3 Å². The highest BCUT2D eigenvalue weighted by Gasteiger charge is 2.50. The number of carbonyl (C=O) groups is 1. The van der Waals surface area contributed by atoms with Crippen LogP contribution in [0.1, 0.15) is 16.7 Å². The Bertz CT molecular complexity index is 710. The van der Waals surface area contributed by atoms with E-state index in [0.717, 1.165) is 24.1 Å². The molecule has 1 aliphatic heterocycles. The molecule has 0 saturated heterocycles. The monoisotopic (exact) mass is 361 g/mol. The van der Waals surface area contributed by atoms with Gasteiger partial charge in [0.2, 0.25) is 5.91 Å². The molecule has 1 aliphatic carbocycles. The van der Waals surface area contributed by atoms with Gasteiger partial charge in [-0.05, 0) is 70.3 Å². The van der Waals surface area contributed by atoms with E-state index in [9.17, 15) is 4.79 Å². The third-order valence-corrected chi connectivity index (χ3v) is 4.95. The fourth-order valence-electron chi connectivity index (χ4n) is 3.37. The lowest BCUT2D eigenvalue weighted by atomic mass is 9.79. The van der Waals surface area contributed by atoms with E-state index in [0.29, 0.717) is 0 Å². The first-order valence-corrected chi connectivity index (χ1v) is 7.45. The Morgan fingerprint density at radius 1 is 1.05 bits per heavy atom. The van der Waals surface area contributed by atoms with Crippen LogP contribution < -0.4 is 5.32 Å². The quantitative estimate of drug-likeness (QED) is 0.717. The number of benzene rings is 2. The third-order valence-electron chi connectivity index (χ3n) is 4.28. The second-order valence-corrected chi connectivity index (χ2v) is 6.59. The zero-order chi connectivity index (χ0) is 13.0. The van der Waals surface area contributed by atoms with Gasteiger partial charge in [0.1, 0.15) is 0 Å². The molecular weight excluding hydrogens is 349 g/mol. The zero-order valence-corrected chi connectivity index (χ0v) is 12.4. The Morgan fingerprint density at radius 2 is 1.84 bits per heavy atom. The molecular formula is C16H12INO. The fourth-order valence-corrected chi connectivity index (χ4v) is 3.92. The van der Waals surface area contributed by atoms with Crippen LogP contribution in [0.2, 0.25) is 0 Å². The molecule has 0 bridgehead atoms. The number of hydrogen-bond donors (Lipinski definition) is 1. The van der Waals surface area contributed by atoms with E-state index in [1.165, 1.54) is 14.7 Å². The minimum atomic E-state index is -0.372. The van der Waals surface area contributed by atoms with Gasteiger partial charge < -0.3 is 5.32 Å². The van der Waals surface area contributed by atoms with Gasteiger partial charge in [0.25, 0.3) is 0 Å². The van der Waals surface area contributed by atoms with E-state index in [1.54, 1.807) is 0 Å². The van der Waals surface area contributed by atoms with Crippen LogP contribution in [-0.4, -0.2) is 5.91 Å². The highest BCUT2D eigenvalue weighted by molar-refractivity contribution is 14.1. The molecule has 1 atom stereocenters. The minimum absolute atomic E-state index is 0.153. The van der Waals surface area contributed by atoms with Gasteiger partial charge in [-0.25, -0.2) is 0 Å². The summed E-state index contributed by atoms with van der Waals surface area (Å²) in [6.45, 7) is 0. The van der Waals surface area contributed by atoms with Crippen molar-refractivity contribution < 1.29 is 4.79 Å². The first-order chi connectivity index (χ1) is 9.19. The summed E-state index contributed by atoms with van der Waals surface area (Å²) in [6.07, 6.45) is 1.64. The van der Waals surface area contributed by atoms with E-state index in [4.69, 9.17) is 0 Å². The number of rotatable bonds is 0. The van der Waals surface area contributed by atoms with E-state index < -0.39 is 0 Å². The molecule has 0 fully saturated rings. The van der Waals surface area contributed by atoms with Crippen molar-refractivity contribution in [2.24, 2.45) is 0 Å². The Labute approximate surface area is 125 Å². The van der Waals surface area contributed by atoms with E-state index in [1.807, 2.05) is 18.2 Å². The molecule has 4 rings (SSSR count). The van der Waals surface area contributed by atoms with Gasteiger partial charge in [-0.3, -0.25) is 4.79 Å². The summed E-state index contributed by atoms with van der Waals surface area (Å²) in [5, 5.41) is 3.04. The van der Waals surface area contributed by atoms with Crippen molar-refractivity contribution in [2.45, 2.75) is 18.3 Å². The molecule has 19 heavy (non-hydrogen) atoms. The number of nitrogens with one attached hydrogen (secondary N) is 1. The molecule has 2 aromatic rings. The summed E-state index contributed by atoms with van der Waals surface area (Å²) in [7, 11) is 0. The molecule has 1 N–H and O–H groups in total. The summed E-state index contributed by atoms with van der Waals surface area (Å²) < 4.78 is 1.24. The van der Waals surface area contributed by atoms with Crippen molar-refractivity contribution in [3.8, 4) is 0 Å². The molecule has 2 aliphatic rings.